The van der Waals surface area contributed by atoms with Gasteiger partial charge in [-0.1, -0.05) is 54.6 Å². The molecule has 1 aliphatic carbocycles. The number of nitrogens with two attached hydrogens (primary N) is 1. The van der Waals surface area contributed by atoms with Crippen molar-refractivity contribution < 1.29 is 0 Å². The minimum Gasteiger partial charge on any atom is -0.327 e. The van der Waals surface area contributed by atoms with Crippen LogP contribution >= 0.6 is 0 Å². The third-order valence-corrected chi connectivity index (χ3v) is 3.87. The van der Waals surface area contributed by atoms with E-state index in [1.54, 1.807) is 0 Å². The highest BCUT2D eigenvalue weighted by molar-refractivity contribution is 5.28. The van der Waals surface area contributed by atoms with Crippen LogP contribution in [-0.2, 0) is 12.8 Å². The Balaban J connectivity index is 1.58. The molecule has 0 spiro atoms. The predicted octanol–water partition coefficient (Wildman–Crippen LogP) is 3.68. The molecule has 0 radical (unpaired) electrons. The highest BCUT2D eigenvalue weighted by atomic mass is 14.6. The average molecular weight is 251 g/mol. The topological polar surface area (TPSA) is 26.0 Å². The van der Waals surface area contributed by atoms with Crippen molar-refractivity contribution in [1.82, 2.24) is 0 Å². The van der Waals surface area contributed by atoms with E-state index >= 15 is 0 Å². The van der Waals surface area contributed by atoms with Crippen LogP contribution in [0.2, 0.25) is 0 Å². The summed E-state index contributed by atoms with van der Waals surface area (Å²) in [6, 6.07) is 19.8. The zero-order chi connectivity index (χ0) is 13.1. The molecule has 0 heterocycles. The lowest BCUT2D eigenvalue weighted by molar-refractivity contribution is 0.664. The summed E-state index contributed by atoms with van der Waals surface area (Å²) < 4.78 is 0. The van der Waals surface area contributed by atoms with Gasteiger partial charge in [0.25, 0.3) is 0 Å². The van der Waals surface area contributed by atoms with Gasteiger partial charge in [0.2, 0.25) is 0 Å². The first-order chi connectivity index (χ1) is 9.31. The Kier molecular flexibility index (Phi) is 3.65. The van der Waals surface area contributed by atoms with Crippen LogP contribution in [0.5, 0.6) is 0 Å². The lowest BCUT2D eigenvalue weighted by Crippen LogP contribution is -2.25. The van der Waals surface area contributed by atoms with Crippen molar-refractivity contribution in [3.8, 4) is 0 Å². The number of rotatable bonds is 5. The van der Waals surface area contributed by atoms with Crippen LogP contribution in [-0.4, -0.2) is 6.04 Å². The molecule has 3 rings (SSSR count). The van der Waals surface area contributed by atoms with Gasteiger partial charge in [0.05, 0.1) is 0 Å². The van der Waals surface area contributed by atoms with Crippen LogP contribution < -0.4 is 5.73 Å². The number of hydrogen-bond acceptors (Lipinski definition) is 1. The van der Waals surface area contributed by atoms with Gasteiger partial charge in [-0.2, -0.15) is 0 Å². The summed E-state index contributed by atoms with van der Waals surface area (Å²) in [6.45, 7) is 0. The van der Waals surface area contributed by atoms with Crippen LogP contribution in [0.15, 0.2) is 54.6 Å². The molecule has 0 aliphatic heterocycles. The molecule has 1 nitrogen and oxygen atoms in total. The summed E-state index contributed by atoms with van der Waals surface area (Å²) in [5, 5.41) is 0. The molecule has 1 unspecified atom stereocenters. The van der Waals surface area contributed by atoms with Crippen molar-refractivity contribution >= 4 is 0 Å². The molecule has 0 saturated heterocycles. The predicted molar refractivity (Wildman–Crippen MR) is 80.2 cm³/mol. The second kappa shape index (κ2) is 5.58. The maximum absolute atomic E-state index is 6.25. The van der Waals surface area contributed by atoms with Crippen LogP contribution in [0.1, 0.15) is 35.4 Å². The maximum atomic E-state index is 6.25. The summed E-state index contributed by atoms with van der Waals surface area (Å²) >= 11 is 0. The van der Waals surface area contributed by atoms with Crippen LogP contribution in [0.25, 0.3) is 0 Å². The van der Waals surface area contributed by atoms with Gasteiger partial charge in [-0.15, -0.1) is 0 Å². The van der Waals surface area contributed by atoms with Gasteiger partial charge in [0.15, 0.2) is 0 Å². The van der Waals surface area contributed by atoms with Crippen molar-refractivity contribution in [3.05, 3.63) is 71.3 Å². The second-order valence-electron chi connectivity index (χ2n) is 5.67. The first-order valence-electron chi connectivity index (χ1n) is 7.19. The van der Waals surface area contributed by atoms with E-state index in [0.717, 1.165) is 18.8 Å². The smallest absolute Gasteiger partial charge is 0.0120 e. The van der Waals surface area contributed by atoms with Gasteiger partial charge in [-0.05, 0) is 48.3 Å². The lowest BCUT2D eigenvalue weighted by atomic mass is 9.98. The van der Waals surface area contributed by atoms with Crippen molar-refractivity contribution in [1.29, 1.82) is 0 Å². The molecule has 1 heteroatoms. The fourth-order valence-electron chi connectivity index (χ4n) is 2.63. The quantitative estimate of drug-likeness (QED) is 0.862. The van der Waals surface area contributed by atoms with Crippen molar-refractivity contribution in [2.24, 2.45) is 5.73 Å². The molecule has 98 valence electrons. The molecule has 1 saturated carbocycles. The zero-order valence-corrected chi connectivity index (χ0v) is 11.3. The summed E-state index contributed by atoms with van der Waals surface area (Å²) in [4.78, 5) is 0. The van der Waals surface area contributed by atoms with Crippen LogP contribution in [0.3, 0.4) is 0 Å². The molecule has 0 aromatic heterocycles. The largest absolute Gasteiger partial charge is 0.327 e. The van der Waals surface area contributed by atoms with Crippen LogP contribution in [0, 0.1) is 0 Å². The molecule has 2 N–H and O–H groups in total. The van der Waals surface area contributed by atoms with E-state index in [-0.39, 0.29) is 6.04 Å². The Bertz CT molecular complexity index is 511. The van der Waals surface area contributed by atoms with Gasteiger partial charge in [0, 0.05) is 6.04 Å². The van der Waals surface area contributed by atoms with Gasteiger partial charge in [0.1, 0.15) is 0 Å². The van der Waals surface area contributed by atoms with E-state index in [4.69, 9.17) is 5.73 Å². The minimum absolute atomic E-state index is 0.203. The third-order valence-electron chi connectivity index (χ3n) is 3.87. The zero-order valence-electron chi connectivity index (χ0n) is 11.3. The van der Waals surface area contributed by atoms with Crippen molar-refractivity contribution in [2.75, 3.05) is 0 Å². The molecular weight excluding hydrogens is 230 g/mol. The highest BCUT2D eigenvalue weighted by Gasteiger charge is 2.22. The second-order valence-corrected chi connectivity index (χ2v) is 5.67. The highest BCUT2D eigenvalue weighted by Crippen LogP contribution is 2.39. The fourth-order valence-corrected chi connectivity index (χ4v) is 2.63. The normalized spacial score (nSPS) is 16.3. The maximum Gasteiger partial charge on any atom is 0.0120 e. The number of benzene rings is 2. The first kappa shape index (κ1) is 12.4. The van der Waals surface area contributed by atoms with Crippen LogP contribution in [0.4, 0.5) is 0 Å². The van der Waals surface area contributed by atoms with E-state index in [0.29, 0.717) is 0 Å². The van der Waals surface area contributed by atoms with E-state index in [9.17, 15) is 0 Å². The lowest BCUT2D eigenvalue weighted by Gasteiger charge is -2.12. The molecular formula is C18H21N. The summed E-state index contributed by atoms with van der Waals surface area (Å²) in [6.07, 6.45) is 4.64. The summed E-state index contributed by atoms with van der Waals surface area (Å²) in [5.41, 5.74) is 10.4. The minimum atomic E-state index is 0.203. The molecule has 2 aromatic carbocycles. The molecule has 1 fully saturated rings. The number of hydrogen-bond donors (Lipinski definition) is 1. The third kappa shape index (κ3) is 3.45. The Hall–Kier alpha value is -1.60. The molecule has 19 heavy (non-hydrogen) atoms. The van der Waals surface area contributed by atoms with E-state index in [2.05, 4.69) is 48.5 Å². The molecule has 1 atom stereocenters. The van der Waals surface area contributed by atoms with Gasteiger partial charge in [-0.3, -0.25) is 0 Å². The standard InChI is InChI=1S/C18H21N/c19-18(12-14-4-2-1-3-5-14)13-15-6-8-16(9-7-15)17-10-11-17/h1-9,17-18H,10-13,19H2. The SMILES string of the molecule is NC(Cc1ccccc1)Cc1ccc(C2CC2)cc1. The monoisotopic (exact) mass is 251 g/mol. The summed E-state index contributed by atoms with van der Waals surface area (Å²) in [7, 11) is 0. The first-order valence-corrected chi connectivity index (χ1v) is 7.19. The molecule has 0 amide bonds. The molecule has 1 aliphatic rings. The van der Waals surface area contributed by atoms with Gasteiger partial charge in [-0.25, -0.2) is 0 Å². The Morgan fingerprint density at radius 2 is 1.42 bits per heavy atom. The van der Waals surface area contributed by atoms with Gasteiger partial charge < -0.3 is 5.73 Å². The summed E-state index contributed by atoms with van der Waals surface area (Å²) in [5.74, 6) is 0.840. The molecule has 0 bridgehead atoms. The van der Waals surface area contributed by atoms with Crippen molar-refractivity contribution in [3.63, 3.8) is 0 Å². The van der Waals surface area contributed by atoms with E-state index in [1.807, 2.05) is 6.07 Å². The Morgan fingerprint density at radius 1 is 0.842 bits per heavy atom. The Labute approximate surface area is 115 Å². The fraction of sp³-hybridized carbons (Fsp3) is 0.333. The molecule has 2 aromatic rings. The van der Waals surface area contributed by atoms with E-state index in [1.165, 1.54) is 29.5 Å². The van der Waals surface area contributed by atoms with Crippen molar-refractivity contribution in [2.45, 2.75) is 37.6 Å². The Morgan fingerprint density at radius 3 is 2.00 bits per heavy atom. The average Bonchev–Trinajstić information content (AvgIpc) is 3.25. The van der Waals surface area contributed by atoms with E-state index < -0.39 is 0 Å². The van der Waals surface area contributed by atoms with Gasteiger partial charge >= 0.3 is 0 Å².